The quantitative estimate of drug-likeness (QED) is 0.461. The zero-order chi connectivity index (χ0) is 15.4. The van der Waals surface area contributed by atoms with Crippen LogP contribution in [-0.4, -0.2) is 21.9 Å². The van der Waals surface area contributed by atoms with E-state index in [1.807, 2.05) is 0 Å². The Kier molecular flexibility index (Phi) is 4.45. The SMILES string of the molecule is C/C(=N\O)c1ccc(NC(=O)c2ccc(Cl)cc2O)cc1. The summed E-state index contributed by atoms with van der Waals surface area (Å²) >= 11 is 5.72. The fourth-order valence-electron chi connectivity index (χ4n) is 1.75. The highest BCUT2D eigenvalue weighted by molar-refractivity contribution is 6.31. The first-order valence-corrected chi connectivity index (χ1v) is 6.48. The summed E-state index contributed by atoms with van der Waals surface area (Å²) in [6.07, 6.45) is 0. The van der Waals surface area contributed by atoms with E-state index in [0.717, 1.165) is 5.56 Å². The van der Waals surface area contributed by atoms with Crippen molar-refractivity contribution in [2.45, 2.75) is 6.92 Å². The van der Waals surface area contributed by atoms with Gasteiger partial charge in [-0.2, -0.15) is 0 Å². The monoisotopic (exact) mass is 304 g/mol. The maximum absolute atomic E-state index is 12.0. The molecule has 0 saturated heterocycles. The third-order valence-electron chi connectivity index (χ3n) is 2.91. The second kappa shape index (κ2) is 6.28. The summed E-state index contributed by atoms with van der Waals surface area (Å²) in [5, 5.41) is 24.5. The number of amides is 1. The Labute approximate surface area is 126 Å². The second-order valence-electron chi connectivity index (χ2n) is 4.38. The van der Waals surface area contributed by atoms with Crippen LogP contribution >= 0.6 is 11.6 Å². The standard InChI is InChI=1S/C15H13ClN2O3/c1-9(18-21)10-2-5-12(6-3-10)17-15(20)13-7-4-11(16)8-14(13)19/h2-8,19,21H,1H3,(H,17,20)/b18-9+. The van der Waals surface area contributed by atoms with E-state index in [-0.39, 0.29) is 11.3 Å². The number of halogens is 1. The lowest BCUT2D eigenvalue weighted by Crippen LogP contribution is -2.12. The van der Waals surface area contributed by atoms with Crippen LogP contribution in [0.2, 0.25) is 5.02 Å². The first kappa shape index (κ1) is 14.9. The van der Waals surface area contributed by atoms with Crippen molar-refractivity contribution in [3.63, 3.8) is 0 Å². The molecule has 0 fully saturated rings. The van der Waals surface area contributed by atoms with Gasteiger partial charge in [-0.25, -0.2) is 0 Å². The molecule has 0 radical (unpaired) electrons. The van der Waals surface area contributed by atoms with Gasteiger partial charge in [-0.15, -0.1) is 0 Å². The fraction of sp³-hybridized carbons (Fsp3) is 0.0667. The fourth-order valence-corrected chi connectivity index (χ4v) is 1.91. The van der Waals surface area contributed by atoms with E-state index in [2.05, 4.69) is 10.5 Å². The third-order valence-corrected chi connectivity index (χ3v) is 3.15. The first-order chi connectivity index (χ1) is 10.0. The van der Waals surface area contributed by atoms with E-state index < -0.39 is 5.91 Å². The van der Waals surface area contributed by atoms with Crippen LogP contribution in [0.4, 0.5) is 5.69 Å². The summed E-state index contributed by atoms with van der Waals surface area (Å²) < 4.78 is 0. The Balaban J connectivity index is 2.16. The molecular formula is C15H13ClN2O3. The van der Waals surface area contributed by atoms with E-state index in [9.17, 15) is 9.90 Å². The molecule has 0 atom stereocenters. The molecule has 3 N–H and O–H groups in total. The summed E-state index contributed by atoms with van der Waals surface area (Å²) in [5.41, 5.74) is 1.91. The summed E-state index contributed by atoms with van der Waals surface area (Å²) in [6, 6.07) is 11.1. The highest BCUT2D eigenvalue weighted by atomic mass is 35.5. The normalized spacial score (nSPS) is 11.2. The molecule has 5 nitrogen and oxygen atoms in total. The molecule has 6 heteroatoms. The Morgan fingerprint density at radius 3 is 2.43 bits per heavy atom. The van der Waals surface area contributed by atoms with Crippen LogP contribution in [-0.2, 0) is 0 Å². The average Bonchev–Trinajstić information content (AvgIpc) is 2.47. The number of nitrogens with one attached hydrogen (secondary N) is 1. The number of nitrogens with zero attached hydrogens (tertiary/aromatic N) is 1. The molecule has 108 valence electrons. The molecule has 0 aliphatic rings. The maximum atomic E-state index is 12.0. The van der Waals surface area contributed by atoms with Gasteiger partial charge in [0, 0.05) is 10.7 Å². The smallest absolute Gasteiger partial charge is 0.259 e. The summed E-state index contributed by atoms with van der Waals surface area (Å²) in [5.74, 6) is -0.621. The first-order valence-electron chi connectivity index (χ1n) is 6.10. The number of phenols is 1. The van der Waals surface area contributed by atoms with Crippen LogP contribution in [0.15, 0.2) is 47.6 Å². The van der Waals surface area contributed by atoms with Gasteiger partial charge >= 0.3 is 0 Å². The molecule has 2 rings (SSSR count). The zero-order valence-corrected chi connectivity index (χ0v) is 11.9. The van der Waals surface area contributed by atoms with Gasteiger partial charge in [0.1, 0.15) is 5.75 Å². The number of rotatable bonds is 3. The van der Waals surface area contributed by atoms with Crippen molar-refractivity contribution in [1.29, 1.82) is 0 Å². The minimum Gasteiger partial charge on any atom is -0.507 e. The number of benzene rings is 2. The number of aromatic hydroxyl groups is 1. The van der Waals surface area contributed by atoms with Gasteiger partial charge in [0.25, 0.3) is 5.91 Å². The van der Waals surface area contributed by atoms with E-state index in [0.29, 0.717) is 16.4 Å². The molecule has 21 heavy (non-hydrogen) atoms. The van der Waals surface area contributed by atoms with Gasteiger partial charge in [0.15, 0.2) is 0 Å². The van der Waals surface area contributed by atoms with Crippen LogP contribution < -0.4 is 5.32 Å². The van der Waals surface area contributed by atoms with Gasteiger partial charge in [-0.3, -0.25) is 4.79 Å². The van der Waals surface area contributed by atoms with E-state index in [1.54, 1.807) is 31.2 Å². The lowest BCUT2D eigenvalue weighted by atomic mass is 10.1. The van der Waals surface area contributed by atoms with E-state index in [4.69, 9.17) is 16.8 Å². The number of carbonyl (C=O) groups excluding carboxylic acids is 1. The molecule has 1 amide bonds. The molecule has 0 heterocycles. The van der Waals surface area contributed by atoms with Crippen molar-refractivity contribution in [1.82, 2.24) is 0 Å². The lowest BCUT2D eigenvalue weighted by Gasteiger charge is -2.08. The van der Waals surface area contributed by atoms with Crippen molar-refractivity contribution in [3.05, 3.63) is 58.6 Å². The average molecular weight is 305 g/mol. The largest absolute Gasteiger partial charge is 0.507 e. The minimum atomic E-state index is -0.440. The Morgan fingerprint density at radius 2 is 1.86 bits per heavy atom. The molecule has 2 aromatic rings. The number of carbonyl (C=O) groups is 1. The molecule has 2 aromatic carbocycles. The summed E-state index contributed by atoms with van der Waals surface area (Å²) in [6.45, 7) is 1.67. The topological polar surface area (TPSA) is 81.9 Å². The number of anilines is 1. The highest BCUT2D eigenvalue weighted by Crippen LogP contribution is 2.23. The molecule has 0 spiro atoms. The van der Waals surface area contributed by atoms with Gasteiger partial charge < -0.3 is 15.6 Å². The van der Waals surface area contributed by atoms with Crippen molar-refractivity contribution in [2.24, 2.45) is 5.16 Å². The summed E-state index contributed by atoms with van der Waals surface area (Å²) in [7, 11) is 0. The lowest BCUT2D eigenvalue weighted by molar-refractivity contribution is 0.102. The third kappa shape index (κ3) is 3.52. The molecule has 0 saturated carbocycles. The number of hydrogen-bond acceptors (Lipinski definition) is 4. The molecular weight excluding hydrogens is 292 g/mol. The Morgan fingerprint density at radius 1 is 1.19 bits per heavy atom. The van der Waals surface area contributed by atoms with Gasteiger partial charge in [-0.1, -0.05) is 28.9 Å². The van der Waals surface area contributed by atoms with Gasteiger partial charge in [0.05, 0.1) is 11.3 Å². The summed E-state index contributed by atoms with van der Waals surface area (Å²) in [4.78, 5) is 12.0. The Hall–Kier alpha value is -2.53. The van der Waals surface area contributed by atoms with Crippen LogP contribution in [0.3, 0.4) is 0 Å². The van der Waals surface area contributed by atoms with Crippen LogP contribution in [0, 0.1) is 0 Å². The second-order valence-corrected chi connectivity index (χ2v) is 4.81. The minimum absolute atomic E-state index is 0.136. The van der Waals surface area contributed by atoms with Crippen molar-refractivity contribution < 1.29 is 15.1 Å². The van der Waals surface area contributed by atoms with Crippen molar-refractivity contribution >= 4 is 28.9 Å². The molecule has 0 aliphatic carbocycles. The zero-order valence-electron chi connectivity index (χ0n) is 11.2. The van der Waals surface area contributed by atoms with Crippen molar-refractivity contribution in [2.75, 3.05) is 5.32 Å². The number of phenolic OH excluding ortho intramolecular Hbond substituents is 1. The van der Waals surface area contributed by atoms with Gasteiger partial charge in [-0.05, 0) is 42.8 Å². The van der Waals surface area contributed by atoms with Crippen LogP contribution in [0.1, 0.15) is 22.8 Å². The number of hydrogen-bond donors (Lipinski definition) is 3. The van der Waals surface area contributed by atoms with Crippen LogP contribution in [0.5, 0.6) is 5.75 Å². The van der Waals surface area contributed by atoms with Crippen molar-refractivity contribution in [3.8, 4) is 5.75 Å². The van der Waals surface area contributed by atoms with Crippen LogP contribution in [0.25, 0.3) is 0 Å². The molecule has 0 aliphatic heterocycles. The van der Waals surface area contributed by atoms with E-state index >= 15 is 0 Å². The molecule has 0 unspecified atom stereocenters. The van der Waals surface area contributed by atoms with Gasteiger partial charge in [0.2, 0.25) is 0 Å². The number of oxime groups is 1. The molecule has 0 aromatic heterocycles. The Bertz CT molecular complexity index is 697. The van der Waals surface area contributed by atoms with E-state index in [1.165, 1.54) is 18.2 Å². The maximum Gasteiger partial charge on any atom is 0.259 e. The highest BCUT2D eigenvalue weighted by Gasteiger charge is 2.11. The predicted octanol–water partition coefficient (Wildman–Crippen LogP) is 3.50. The molecule has 0 bridgehead atoms. The predicted molar refractivity (Wildman–Crippen MR) is 81.5 cm³/mol.